The standard InChI is InChI=1S/C12H18N2O3/c1-8-5-9(2)14(12(16)13-8)6-11(15)10-3-4-17-7-10/h5,10-11,15H,3-4,6-7H2,1-2H3. The molecule has 0 aliphatic carbocycles. The molecule has 2 atom stereocenters. The van der Waals surface area contributed by atoms with Gasteiger partial charge in [-0.05, 0) is 26.3 Å². The van der Waals surface area contributed by atoms with E-state index in [1.165, 1.54) is 4.57 Å². The predicted molar refractivity (Wildman–Crippen MR) is 62.9 cm³/mol. The Balaban J connectivity index is 2.15. The summed E-state index contributed by atoms with van der Waals surface area (Å²) in [6.07, 6.45) is 0.312. The molecule has 1 aromatic rings. The van der Waals surface area contributed by atoms with Crippen molar-refractivity contribution in [3.63, 3.8) is 0 Å². The van der Waals surface area contributed by atoms with Gasteiger partial charge in [0, 0.05) is 23.9 Å². The highest BCUT2D eigenvalue weighted by atomic mass is 16.5. The van der Waals surface area contributed by atoms with Gasteiger partial charge in [-0.2, -0.15) is 4.98 Å². The maximum absolute atomic E-state index is 11.7. The smallest absolute Gasteiger partial charge is 0.348 e. The highest BCUT2D eigenvalue weighted by Gasteiger charge is 2.24. The molecule has 0 saturated carbocycles. The van der Waals surface area contributed by atoms with Gasteiger partial charge in [0.2, 0.25) is 0 Å². The largest absolute Gasteiger partial charge is 0.391 e. The third-order valence-corrected chi connectivity index (χ3v) is 3.23. The summed E-state index contributed by atoms with van der Waals surface area (Å²) in [5.41, 5.74) is 1.25. The summed E-state index contributed by atoms with van der Waals surface area (Å²) in [5.74, 6) is 0.127. The second-order valence-electron chi connectivity index (χ2n) is 4.62. The van der Waals surface area contributed by atoms with Crippen molar-refractivity contribution in [1.82, 2.24) is 9.55 Å². The molecular weight excluding hydrogens is 220 g/mol. The van der Waals surface area contributed by atoms with E-state index < -0.39 is 6.10 Å². The zero-order valence-electron chi connectivity index (χ0n) is 10.2. The molecule has 94 valence electrons. The number of aromatic nitrogens is 2. The van der Waals surface area contributed by atoms with Crippen LogP contribution in [0.4, 0.5) is 0 Å². The van der Waals surface area contributed by atoms with Crippen LogP contribution in [0.3, 0.4) is 0 Å². The van der Waals surface area contributed by atoms with Gasteiger partial charge in [0.25, 0.3) is 0 Å². The summed E-state index contributed by atoms with van der Waals surface area (Å²) < 4.78 is 6.76. The molecule has 2 unspecified atom stereocenters. The van der Waals surface area contributed by atoms with E-state index in [2.05, 4.69) is 4.98 Å². The average molecular weight is 238 g/mol. The Bertz CT molecular complexity index is 450. The van der Waals surface area contributed by atoms with Crippen LogP contribution >= 0.6 is 0 Å². The van der Waals surface area contributed by atoms with Crippen molar-refractivity contribution in [2.24, 2.45) is 5.92 Å². The summed E-state index contributed by atoms with van der Waals surface area (Å²) in [7, 11) is 0. The predicted octanol–water partition coefficient (Wildman–Crippen LogP) is 0.258. The van der Waals surface area contributed by atoms with Crippen LogP contribution in [-0.4, -0.2) is 34.0 Å². The molecule has 2 rings (SSSR count). The molecule has 1 fully saturated rings. The lowest BCUT2D eigenvalue weighted by Gasteiger charge is -2.18. The number of ether oxygens (including phenoxy) is 1. The Labute approximate surface area is 100 Å². The first-order valence-corrected chi connectivity index (χ1v) is 5.89. The summed E-state index contributed by atoms with van der Waals surface area (Å²) in [5, 5.41) is 10.1. The van der Waals surface area contributed by atoms with Crippen molar-refractivity contribution in [2.45, 2.75) is 32.9 Å². The third kappa shape index (κ3) is 2.73. The molecule has 17 heavy (non-hydrogen) atoms. The lowest BCUT2D eigenvalue weighted by atomic mass is 10.0. The number of aryl methyl sites for hydroxylation is 2. The molecule has 5 heteroatoms. The first-order chi connectivity index (χ1) is 8.08. The number of rotatable bonds is 3. The van der Waals surface area contributed by atoms with E-state index in [0.717, 1.165) is 12.1 Å². The maximum atomic E-state index is 11.7. The number of hydrogen-bond acceptors (Lipinski definition) is 4. The molecule has 1 saturated heterocycles. The number of hydrogen-bond donors (Lipinski definition) is 1. The van der Waals surface area contributed by atoms with Crippen LogP contribution in [0.1, 0.15) is 17.8 Å². The normalized spacial score (nSPS) is 21.7. The molecule has 0 aromatic carbocycles. The first-order valence-electron chi connectivity index (χ1n) is 5.89. The van der Waals surface area contributed by atoms with Crippen molar-refractivity contribution in [3.05, 3.63) is 27.9 Å². The highest BCUT2D eigenvalue weighted by Crippen LogP contribution is 2.17. The summed E-state index contributed by atoms with van der Waals surface area (Å²) in [4.78, 5) is 15.6. The molecule has 1 aliphatic rings. The molecule has 1 aliphatic heterocycles. The quantitative estimate of drug-likeness (QED) is 0.820. The van der Waals surface area contributed by atoms with Crippen LogP contribution in [-0.2, 0) is 11.3 Å². The molecule has 0 amide bonds. The first kappa shape index (κ1) is 12.3. The highest BCUT2D eigenvalue weighted by molar-refractivity contribution is 5.06. The van der Waals surface area contributed by atoms with Crippen molar-refractivity contribution in [1.29, 1.82) is 0 Å². The van der Waals surface area contributed by atoms with E-state index in [0.29, 0.717) is 25.5 Å². The lowest BCUT2D eigenvalue weighted by Crippen LogP contribution is -2.34. The Hall–Kier alpha value is -1.20. The van der Waals surface area contributed by atoms with E-state index in [-0.39, 0.29) is 11.6 Å². The summed E-state index contributed by atoms with van der Waals surface area (Å²) in [6, 6.07) is 1.85. The topological polar surface area (TPSA) is 64.3 Å². The minimum absolute atomic E-state index is 0.127. The molecule has 0 radical (unpaired) electrons. The maximum Gasteiger partial charge on any atom is 0.348 e. The summed E-state index contributed by atoms with van der Waals surface area (Å²) in [6.45, 7) is 5.22. The number of aliphatic hydroxyl groups excluding tert-OH is 1. The molecule has 2 heterocycles. The van der Waals surface area contributed by atoms with Crippen molar-refractivity contribution < 1.29 is 9.84 Å². The van der Waals surface area contributed by atoms with Gasteiger partial charge in [-0.15, -0.1) is 0 Å². The van der Waals surface area contributed by atoms with Gasteiger partial charge in [0.05, 0.1) is 19.3 Å². The lowest BCUT2D eigenvalue weighted by molar-refractivity contribution is 0.0760. The zero-order chi connectivity index (χ0) is 12.4. The molecule has 1 N–H and O–H groups in total. The van der Waals surface area contributed by atoms with Gasteiger partial charge in [-0.25, -0.2) is 4.79 Å². The minimum Gasteiger partial charge on any atom is -0.391 e. The van der Waals surface area contributed by atoms with Gasteiger partial charge in [-0.3, -0.25) is 4.57 Å². The fourth-order valence-corrected chi connectivity index (χ4v) is 2.19. The third-order valence-electron chi connectivity index (χ3n) is 3.23. The van der Waals surface area contributed by atoms with Crippen LogP contribution in [0, 0.1) is 19.8 Å². The molecule has 5 nitrogen and oxygen atoms in total. The van der Waals surface area contributed by atoms with E-state index in [1.807, 2.05) is 13.0 Å². The Kier molecular flexibility index (Phi) is 3.59. The monoisotopic (exact) mass is 238 g/mol. The van der Waals surface area contributed by atoms with Crippen LogP contribution in [0.15, 0.2) is 10.9 Å². The summed E-state index contributed by atoms with van der Waals surface area (Å²) >= 11 is 0. The van der Waals surface area contributed by atoms with Crippen LogP contribution < -0.4 is 5.69 Å². The Morgan fingerprint density at radius 2 is 2.41 bits per heavy atom. The van der Waals surface area contributed by atoms with E-state index in [1.54, 1.807) is 6.92 Å². The van der Waals surface area contributed by atoms with Gasteiger partial charge < -0.3 is 9.84 Å². The Morgan fingerprint density at radius 1 is 1.65 bits per heavy atom. The van der Waals surface area contributed by atoms with Gasteiger partial charge in [0.15, 0.2) is 0 Å². The fourth-order valence-electron chi connectivity index (χ4n) is 2.19. The van der Waals surface area contributed by atoms with Gasteiger partial charge in [0.1, 0.15) is 0 Å². The van der Waals surface area contributed by atoms with Gasteiger partial charge in [-0.1, -0.05) is 0 Å². The molecule has 0 bridgehead atoms. The van der Waals surface area contributed by atoms with E-state index in [4.69, 9.17) is 4.74 Å². The average Bonchev–Trinajstić information content (AvgIpc) is 2.76. The van der Waals surface area contributed by atoms with Crippen LogP contribution in [0.25, 0.3) is 0 Å². The SMILES string of the molecule is Cc1cc(C)n(CC(O)C2CCOC2)c(=O)n1. The minimum atomic E-state index is -0.543. The van der Waals surface area contributed by atoms with Crippen molar-refractivity contribution in [3.8, 4) is 0 Å². The number of aliphatic hydroxyl groups is 1. The fraction of sp³-hybridized carbons (Fsp3) is 0.667. The zero-order valence-corrected chi connectivity index (χ0v) is 10.2. The van der Waals surface area contributed by atoms with E-state index in [9.17, 15) is 9.90 Å². The molecule has 1 aromatic heterocycles. The molecular formula is C12H18N2O3. The van der Waals surface area contributed by atoms with Crippen LogP contribution in [0.5, 0.6) is 0 Å². The van der Waals surface area contributed by atoms with Gasteiger partial charge >= 0.3 is 5.69 Å². The molecule has 0 spiro atoms. The second-order valence-corrected chi connectivity index (χ2v) is 4.62. The number of nitrogens with zero attached hydrogens (tertiary/aromatic N) is 2. The van der Waals surface area contributed by atoms with Crippen molar-refractivity contribution in [2.75, 3.05) is 13.2 Å². The Morgan fingerprint density at radius 3 is 3.00 bits per heavy atom. The van der Waals surface area contributed by atoms with Crippen LogP contribution in [0.2, 0.25) is 0 Å². The van der Waals surface area contributed by atoms with E-state index >= 15 is 0 Å². The van der Waals surface area contributed by atoms with Crippen molar-refractivity contribution >= 4 is 0 Å². The second kappa shape index (κ2) is 4.98.